The zero-order valence-electron chi connectivity index (χ0n) is 14.6. The molecule has 0 saturated carbocycles. The van der Waals surface area contributed by atoms with Crippen LogP contribution in [0.4, 0.5) is 5.13 Å². The van der Waals surface area contributed by atoms with E-state index in [-0.39, 0.29) is 6.10 Å². The average molecular weight is 314 g/mol. The summed E-state index contributed by atoms with van der Waals surface area (Å²) in [7, 11) is 2.09. The molecule has 122 valence electrons. The largest absolute Gasteiger partial charge is 0.377 e. The lowest BCUT2D eigenvalue weighted by Gasteiger charge is -2.16. The molecule has 0 aromatic carbocycles. The van der Waals surface area contributed by atoms with Gasteiger partial charge in [0, 0.05) is 31.1 Å². The fraction of sp³-hybridized carbons (Fsp3) is 0.812. The maximum Gasteiger partial charge on any atom is 0.185 e. The van der Waals surface area contributed by atoms with E-state index in [4.69, 9.17) is 9.72 Å². The third kappa shape index (κ3) is 6.32. The highest BCUT2D eigenvalue weighted by atomic mass is 32.1. The molecule has 0 radical (unpaired) electrons. The third-order valence-electron chi connectivity index (χ3n) is 3.14. The summed E-state index contributed by atoms with van der Waals surface area (Å²) < 4.78 is 5.62. The lowest BCUT2D eigenvalue weighted by atomic mass is 10.1. The number of anilines is 1. The Morgan fingerprint density at radius 1 is 1.19 bits per heavy atom. The predicted molar refractivity (Wildman–Crippen MR) is 92.5 cm³/mol. The Morgan fingerprint density at radius 2 is 1.86 bits per heavy atom. The number of hydrogen-bond acceptors (Lipinski definition) is 5. The minimum absolute atomic E-state index is 0.284. The molecule has 0 fully saturated rings. The number of likely N-dealkylation sites (N-methyl/N-ethyl adjacent to an activating group) is 1. The first-order chi connectivity index (χ1) is 9.81. The number of ether oxygens (including phenoxy) is 1. The first kappa shape index (κ1) is 18.4. The zero-order chi connectivity index (χ0) is 16.0. The first-order valence-electron chi connectivity index (χ1n) is 7.87. The molecule has 1 rings (SSSR count). The number of nitrogens with zero attached hydrogens (tertiary/aromatic N) is 2. The smallest absolute Gasteiger partial charge is 0.185 e. The van der Waals surface area contributed by atoms with Gasteiger partial charge in [0.25, 0.3) is 0 Å². The molecule has 0 aliphatic heterocycles. The molecule has 0 spiro atoms. The van der Waals surface area contributed by atoms with Crippen LogP contribution in [0.2, 0.25) is 0 Å². The maximum absolute atomic E-state index is 5.62. The van der Waals surface area contributed by atoms with Gasteiger partial charge in [-0.25, -0.2) is 4.98 Å². The molecule has 0 bridgehead atoms. The normalized spacial score (nSPS) is 11.9. The summed E-state index contributed by atoms with van der Waals surface area (Å²) in [6.07, 6.45) is 0.284. The second-order valence-corrected chi connectivity index (χ2v) is 7.40. The van der Waals surface area contributed by atoms with Crippen molar-refractivity contribution >= 4 is 16.5 Å². The summed E-state index contributed by atoms with van der Waals surface area (Å²) >= 11 is 1.79. The Morgan fingerprint density at radius 3 is 2.38 bits per heavy atom. The van der Waals surface area contributed by atoms with Crippen molar-refractivity contribution in [2.24, 2.45) is 0 Å². The van der Waals surface area contributed by atoms with Crippen LogP contribution >= 0.6 is 11.3 Å². The number of hydrogen-bond donors (Lipinski definition) is 1. The fourth-order valence-electron chi connectivity index (χ4n) is 1.91. The van der Waals surface area contributed by atoms with Gasteiger partial charge in [-0.15, -0.1) is 11.3 Å². The second-order valence-electron chi connectivity index (χ2n) is 6.34. The van der Waals surface area contributed by atoms with Gasteiger partial charge in [0.15, 0.2) is 5.13 Å². The molecule has 5 heteroatoms. The molecule has 0 aliphatic rings. The molecular formula is C16H31N3OS. The third-order valence-corrected chi connectivity index (χ3v) is 4.32. The highest BCUT2D eigenvalue weighted by Gasteiger charge is 2.16. The van der Waals surface area contributed by atoms with E-state index in [0.717, 1.165) is 24.8 Å². The number of aromatic nitrogens is 1. The van der Waals surface area contributed by atoms with Crippen molar-refractivity contribution in [1.82, 2.24) is 10.3 Å². The topological polar surface area (TPSA) is 37.4 Å². The standard InChI is InChI=1S/C16H31N3OS/c1-11(2)15-14(10-17-12(3)4)21-16(18-15)19(7)8-9-20-13(5)6/h11-13,17H,8-10H2,1-7H3. The molecule has 1 N–H and O–H groups in total. The van der Waals surface area contributed by atoms with Gasteiger partial charge >= 0.3 is 0 Å². The summed E-state index contributed by atoms with van der Waals surface area (Å²) in [5.74, 6) is 0.458. The summed E-state index contributed by atoms with van der Waals surface area (Å²) in [6.45, 7) is 15.4. The van der Waals surface area contributed by atoms with E-state index in [0.29, 0.717) is 12.0 Å². The molecule has 4 nitrogen and oxygen atoms in total. The minimum Gasteiger partial charge on any atom is -0.377 e. The van der Waals surface area contributed by atoms with E-state index < -0.39 is 0 Å². The molecule has 0 atom stereocenters. The van der Waals surface area contributed by atoms with Crippen molar-refractivity contribution < 1.29 is 4.74 Å². The fourth-order valence-corrected chi connectivity index (χ4v) is 3.06. The summed E-state index contributed by atoms with van der Waals surface area (Å²) in [5, 5.41) is 4.58. The second kappa shape index (κ2) is 8.71. The van der Waals surface area contributed by atoms with Gasteiger partial charge in [0.1, 0.15) is 0 Å². The van der Waals surface area contributed by atoms with Crippen LogP contribution in [0.25, 0.3) is 0 Å². The van der Waals surface area contributed by atoms with Crippen molar-refractivity contribution in [2.75, 3.05) is 25.1 Å². The van der Waals surface area contributed by atoms with Crippen LogP contribution in [-0.4, -0.2) is 37.3 Å². The Balaban J connectivity index is 2.71. The lowest BCUT2D eigenvalue weighted by molar-refractivity contribution is 0.0846. The van der Waals surface area contributed by atoms with Crippen LogP contribution in [0, 0.1) is 0 Å². The number of nitrogens with one attached hydrogen (secondary N) is 1. The average Bonchev–Trinajstić information content (AvgIpc) is 2.80. The van der Waals surface area contributed by atoms with E-state index >= 15 is 0 Å². The molecule has 0 saturated heterocycles. The monoisotopic (exact) mass is 313 g/mol. The minimum atomic E-state index is 0.284. The molecule has 0 aliphatic carbocycles. The molecular weight excluding hydrogens is 282 g/mol. The van der Waals surface area contributed by atoms with Crippen molar-refractivity contribution in [3.8, 4) is 0 Å². The Kier molecular flexibility index (Phi) is 7.63. The maximum atomic E-state index is 5.62. The van der Waals surface area contributed by atoms with Crippen LogP contribution in [0.15, 0.2) is 0 Å². The van der Waals surface area contributed by atoms with E-state index in [1.165, 1.54) is 10.6 Å². The Labute approximate surface area is 133 Å². The van der Waals surface area contributed by atoms with E-state index in [9.17, 15) is 0 Å². The first-order valence-corrected chi connectivity index (χ1v) is 8.68. The summed E-state index contributed by atoms with van der Waals surface area (Å²) in [4.78, 5) is 8.38. The van der Waals surface area contributed by atoms with Gasteiger partial charge in [-0.2, -0.15) is 0 Å². The summed E-state index contributed by atoms with van der Waals surface area (Å²) in [6, 6.07) is 0.493. The van der Waals surface area contributed by atoms with Gasteiger partial charge in [-0.1, -0.05) is 27.7 Å². The van der Waals surface area contributed by atoms with Crippen LogP contribution in [0.1, 0.15) is 58.0 Å². The molecule has 0 amide bonds. The quantitative estimate of drug-likeness (QED) is 0.755. The number of thiazole rings is 1. The molecule has 21 heavy (non-hydrogen) atoms. The summed E-state index contributed by atoms with van der Waals surface area (Å²) in [5.41, 5.74) is 1.22. The van der Waals surface area contributed by atoms with E-state index in [2.05, 4.69) is 58.8 Å². The highest BCUT2D eigenvalue weighted by molar-refractivity contribution is 7.15. The van der Waals surface area contributed by atoms with Gasteiger partial charge < -0.3 is 15.0 Å². The van der Waals surface area contributed by atoms with Gasteiger partial charge in [0.05, 0.1) is 18.4 Å². The predicted octanol–water partition coefficient (Wildman–Crippen LogP) is 3.63. The van der Waals surface area contributed by atoms with Crippen molar-refractivity contribution in [1.29, 1.82) is 0 Å². The van der Waals surface area contributed by atoms with Crippen LogP contribution in [-0.2, 0) is 11.3 Å². The SMILES string of the molecule is CC(C)NCc1sc(N(C)CCOC(C)C)nc1C(C)C. The van der Waals surface area contributed by atoms with Crippen molar-refractivity contribution in [3.63, 3.8) is 0 Å². The molecule has 1 aromatic rings. The lowest BCUT2D eigenvalue weighted by Crippen LogP contribution is -2.23. The van der Waals surface area contributed by atoms with E-state index in [1.54, 1.807) is 11.3 Å². The van der Waals surface area contributed by atoms with Crippen molar-refractivity contribution in [3.05, 3.63) is 10.6 Å². The van der Waals surface area contributed by atoms with Crippen LogP contribution in [0.3, 0.4) is 0 Å². The Hall–Kier alpha value is -0.650. The highest BCUT2D eigenvalue weighted by Crippen LogP contribution is 2.30. The van der Waals surface area contributed by atoms with Crippen LogP contribution in [0.5, 0.6) is 0 Å². The number of rotatable bonds is 9. The molecule has 0 unspecified atom stereocenters. The van der Waals surface area contributed by atoms with Gasteiger partial charge in [0.2, 0.25) is 0 Å². The van der Waals surface area contributed by atoms with Crippen molar-refractivity contribution in [2.45, 2.75) is 66.2 Å². The van der Waals surface area contributed by atoms with E-state index in [1.807, 2.05) is 0 Å². The molecule has 1 heterocycles. The van der Waals surface area contributed by atoms with Crippen LogP contribution < -0.4 is 10.2 Å². The van der Waals surface area contributed by atoms with Gasteiger partial charge in [-0.3, -0.25) is 0 Å². The zero-order valence-corrected chi connectivity index (χ0v) is 15.4. The molecule has 1 aromatic heterocycles. The Bertz CT molecular complexity index is 416. The van der Waals surface area contributed by atoms with Gasteiger partial charge in [-0.05, 0) is 19.8 Å².